The highest BCUT2D eigenvalue weighted by Gasteiger charge is 2.18. The van der Waals surface area contributed by atoms with Crippen LogP contribution >= 0.6 is 11.8 Å². The third-order valence-electron chi connectivity index (χ3n) is 5.14. The van der Waals surface area contributed by atoms with Gasteiger partial charge in [0.25, 0.3) is 0 Å². The van der Waals surface area contributed by atoms with Crippen molar-refractivity contribution in [1.82, 2.24) is 29.7 Å². The molecule has 8 heteroatoms. The second-order valence-corrected chi connectivity index (χ2v) is 8.17. The molecule has 0 unspecified atom stereocenters. The average molecular weight is 401 g/mol. The third-order valence-corrected chi connectivity index (χ3v) is 6.15. The van der Waals surface area contributed by atoms with Crippen molar-refractivity contribution in [2.24, 2.45) is 0 Å². The first-order valence-electron chi connectivity index (χ1n) is 9.56. The van der Waals surface area contributed by atoms with Crippen molar-refractivity contribution in [2.75, 3.05) is 13.1 Å². The van der Waals surface area contributed by atoms with Crippen LogP contribution in [-0.2, 0) is 0 Å². The molecule has 0 radical (unpaired) electrons. The molecule has 0 amide bonds. The maximum absolute atomic E-state index is 9.50. The number of nitrogens with one attached hydrogen (secondary N) is 1. The van der Waals surface area contributed by atoms with E-state index >= 15 is 0 Å². The van der Waals surface area contributed by atoms with E-state index < -0.39 is 0 Å². The molecular formula is C21H19N7S. The average Bonchev–Trinajstić information content (AvgIpc) is 3.42. The molecule has 144 valence electrons. The topological polar surface area (TPSA) is 83.8 Å². The Balaban J connectivity index is 1.56. The summed E-state index contributed by atoms with van der Waals surface area (Å²) in [6, 6.07) is 8.66. The summed E-state index contributed by atoms with van der Waals surface area (Å²) in [4.78, 5) is 6.18. The first-order valence-corrected chi connectivity index (χ1v) is 10.4. The summed E-state index contributed by atoms with van der Waals surface area (Å²) in [5.41, 5.74) is 3.44. The van der Waals surface area contributed by atoms with Crippen molar-refractivity contribution < 1.29 is 0 Å². The van der Waals surface area contributed by atoms with Gasteiger partial charge >= 0.3 is 0 Å². The predicted octanol–water partition coefficient (Wildman–Crippen LogP) is 3.54. The van der Waals surface area contributed by atoms with Crippen molar-refractivity contribution in [3.05, 3.63) is 60.9 Å². The van der Waals surface area contributed by atoms with E-state index in [9.17, 15) is 5.26 Å². The molecule has 1 fully saturated rings. The van der Waals surface area contributed by atoms with Gasteiger partial charge in [-0.05, 0) is 37.6 Å². The molecule has 5 rings (SSSR count). The van der Waals surface area contributed by atoms with Crippen molar-refractivity contribution >= 4 is 17.3 Å². The molecule has 5 heterocycles. The van der Waals surface area contributed by atoms with Crippen molar-refractivity contribution in [2.45, 2.75) is 28.7 Å². The van der Waals surface area contributed by atoms with Gasteiger partial charge in [0.1, 0.15) is 6.07 Å². The quantitative estimate of drug-likeness (QED) is 0.563. The molecule has 0 bridgehead atoms. The van der Waals surface area contributed by atoms with Crippen LogP contribution in [0.1, 0.15) is 24.4 Å². The monoisotopic (exact) mass is 401 g/mol. The van der Waals surface area contributed by atoms with Crippen LogP contribution in [0, 0.1) is 11.3 Å². The summed E-state index contributed by atoms with van der Waals surface area (Å²) in [5, 5.41) is 22.0. The second kappa shape index (κ2) is 7.70. The summed E-state index contributed by atoms with van der Waals surface area (Å²) < 4.78 is 3.84. The molecule has 4 aromatic heterocycles. The van der Waals surface area contributed by atoms with E-state index in [4.69, 9.17) is 0 Å². The van der Waals surface area contributed by atoms with Gasteiger partial charge < -0.3 is 5.32 Å². The Kier molecular flexibility index (Phi) is 4.76. The summed E-state index contributed by atoms with van der Waals surface area (Å²) in [6.45, 7) is 2.03. The third kappa shape index (κ3) is 3.50. The second-order valence-electron chi connectivity index (χ2n) is 7.06. The maximum atomic E-state index is 9.50. The number of piperidine rings is 1. The van der Waals surface area contributed by atoms with E-state index in [0.717, 1.165) is 45.9 Å². The zero-order valence-corrected chi connectivity index (χ0v) is 16.5. The Morgan fingerprint density at radius 3 is 2.93 bits per heavy atom. The number of rotatable bonds is 4. The molecule has 1 aliphatic rings. The van der Waals surface area contributed by atoms with Crippen LogP contribution in [0.15, 0.2) is 65.2 Å². The number of nitrogens with zero attached hydrogens (tertiary/aromatic N) is 6. The van der Waals surface area contributed by atoms with Gasteiger partial charge in [-0.25, -0.2) is 4.52 Å². The van der Waals surface area contributed by atoms with Gasteiger partial charge in [-0.15, -0.1) is 0 Å². The molecule has 1 N–H and O–H groups in total. The van der Waals surface area contributed by atoms with Crippen LogP contribution in [0.25, 0.3) is 16.6 Å². The van der Waals surface area contributed by atoms with Gasteiger partial charge in [0, 0.05) is 52.3 Å². The number of pyridine rings is 2. The number of nitriles is 1. The summed E-state index contributed by atoms with van der Waals surface area (Å²) in [6.07, 6.45) is 13.5. The highest BCUT2D eigenvalue weighted by atomic mass is 32.2. The van der Waals surface area contributed by atoms with Crippen molar-refractivity contribution in [3.8, 4) is 17.2 Å². The zero-order chi connectivity index (χ0) is 19.6. The lowest BCUT2D eigenvalue weighted by molar-refractivity contribution is 0.347. The van der Waals surface area contributed by atoms with Crippen molar-refractivity contribution in [3.63, 3.8) is 0 Å². The van der Waals surface area contributed by atoms with Crippen LogP contribution in [0.5, 0.6) is 0 Å². The van der Waals surface area contributed by atoms with Gasteiger partial charge in [0.2, 0.25) is 0 Å². The molecule has 4 aromatic rings. The molecule has 1 aliphatic heterocycles. The highest BCUT2D eigenvalue weighted by molar-refractivity contribution is 7.99. The minimum absolute atomic E-state index is 0.389. The fraction of sp³-hybridized carbons (Fsp3) is 0.238. The van der Waals surface area contributed by atoms with Gasteiger partial charge in [0.15, 0.2) is 0 Å². The largest absolute Gasteiger partial charge is 0.315 e. The van der Waals surface area contributed by atoms with Gasteiger partial charge in [-0.2, -0.15) is 15.5 Å². The van der Waals surface area contributed by atoms with Crippen LogP contribution in [-0.4, -0.2) is 37.5 Å². The Morgan fingerprint density at radius 2 is 2.14 bits per heavy atom. The first kappa shape index (κ1) is 17.9. The molecule has 0 saturated carbocycles. The van der Waals surface area contributed by atoms with E-state index in [1.54, 1.807) is 28.7 Å². The standard InChI is InChI=1S/C21H19N7S/c22-8-16-9-26-28-13-15(7-20(21(16)28)29-19-4-2-6-24-12-19)17-10-25-27(14-17)18-3-1-5-23-11-18/h2,4,6-7,9-10,12-14,18,23H,1,3,5,11H2/t18-/m0/s1. The SMILES string of the molecule is N#Cc1cnn2cc(-c3cnn([C@H]4CCCNC4)c3)cc(Sc3cccnc3)c12. The maximum Gasteiger partial charge on any atom is 0.103 e. The number of aromatic nitrogens is 5. The molecule has 7 nitrogen and oxygen atoms in total. The minimum atomic E-state index is 0.389. The van der Waals surface area contributed by atoms with Crippen molar-refractivity contribution in [1.29, 1.82) is 5.26 Å². The lowest BCUT2D eigenvalue weighted by atomic mass is 10.1. The van der Waals surface area contributed by atoms with E-state index in [1.807, 2.05) is 30.7 Å². The zero-order valence-electron chi connectivity index (χ0n) is 15.7. The van der Waals surface area contributed by atoms with Gasteiger partial charge in [-0.1, -0.05) is 11.8 Å². The number of hydrogen-bond donors (Lipinski definition) is 1. The van der Waals surface area contributed by atoms with E-state index in [-0.39, 0.29) is 0 Å². The molecule has 0 aliphatic carbocycles. The minimum Gasteiger partial charge on any atom is -0.315 e. The van der Waals surface area contributed by atoms with Crippen LogP contribution in [0.3, 0.4) is 0 Å². The molecule has 1 atom stereocenters. The van der Waals surface area contributed by atoms with Crippen LogP contribution in [0.4, 0.5) is 0 Å². The first-order chi connectivity index (χ1) is 14.3. The van der Waals surface area contributed by atoms with E-state index in [2.05, 4.69) is 43.5 Å². The number of fused-ring (bicyclic) bond motifs is 1. The van der Waals surface area contributed by atoms with E-state index in [0.29, 0.717) is 11.6 Å². The van der Waals surface area contributed by atoms with Gasteiger partial charge in [0.05, 0.1) is 29.5 Å². The Labute approximate surface area is 172 Å². The van der Waals surface area contributed by atoms with Gasteiger partial charge in [-0.3, -0.25) is 9.67 Å². The Morgan fingerprint density at radius 1 is 1.17 bits per heavy atom. The van der Waals surface area contributed by atoms with Crippen LogP contribution < -0.4 is 5.32 Å². The smallest absolute Gasteiger partial charge is 0.103 e. The normalized spacial score (nSPS) is 16.7. The molecule has 0 aromatic carbocycles. The Bertz CT molecular complexity index is 1180. The number of hydrogen-bond acceptors (Lipinski definition) is 6. The summed E-state index contributed by atoms with van der Waals surface area (Å²) in [7, 11) is 0. The summed E-state index contributed by atoms with van der Waals surface area (Å²) in [5.74, 6) is 0. The molecule has 1 saturated heterocycles. The lowest BCUT2D eigenvalue weighted by Crippen LogP contribution is -2.31. The Hall–Kier alpha value is -3.15. The highest BCUT2D eigenvalue weighted by Crippen LogP contribution is 2.35. The lowest BCUT2D eigenvalue weighted by Gasteiger charge is -2.22. The fourth-order valence-corrected chi connectivity index (χ4v) is 4.68. The molecule has 29 heavy (non-hydrogen) atoms. The molecule has 0 spiro atoms. The molecular weight excluding hydrogens is 382 g/mol. The predicted molar refractivity (Wildman–Crippen MR) is 111 cm³/mol. The summed E-state index contributed by atoms with van der Waals surface area (Å²) >= 11 is 1.58. The van der Waals surface area contributed by atoms with Crippen LogP contribution in [0.2, 0.25) is 0 Å². The fourth-order valence-electron chi connectivity index (χ4n) is 3.68. The van der Waals surface area contributed by atoms with E-state index in [1.165, 1.54) is 6.42 Å².